The van der Waals surface area contributed by atoms with Crippen LogP contribution in [-0.2, 0) is 10.0 Å². The Morgan fingerprint density at radius 1 is 1.04 bits per heavy atom. The monoisotopic (exact) mass is 412 g/mol. The van der Waals surface area contributed by atoms with Crippen LogP contribution in [0.3, 0.4) is 0 Å². The molecule has 2 aromatic rings. The van der Waals surface area contributed by atoms with Crippen LogP contribution >= 0.6 is 12.2 Å². The lowest BCUT2D eigenvalue weighted by atomic mass is 10.3. The van der Waals surface area contributed by atoms with Crippen molar-refractivity contribution in [2.24, 2.45) is 5.14 Å². The van der Waals surface area contributed by atoms with Crippen molar-refractivity contribution >= 4 is 50.1 Å². The van der Waals surface area contributed by atoms with Crippen LogP contribution in [-0.4, -0.2) is 23.4 Å². The Kier molecular flexibility index (Phi) is 5.84. The molecule has 0 radical (unpaired) electrons. The molecule has 0 saturated carbocycles. The smallest absolute Gasteiger partial charge is 0.295 e. The number of benzene rings is 2. The van der Waals surface area contributed by atoms with Crippen molar-refractivity contribution in [1.29, 1.82) is 0 Å². The highest BCUT2D eigenvalue weighted by Gasteiger charge is 2.19. The first-order chi connectivity index (χ1) is 12.6. The number of primary sulfonamides is 1. The number of hydrazine groups is 1. The van der Waals surface area contributed by atoms with Crippen LogP contribution in [0.25, 0.3) is 0 Å². The van der Waals surface area contributed by atoms with Crippen LogP contribution in [0.1, 0.15) is 0 Å². The molecule has 142 valence electrons. The molecule has 2 rings (SSSR count). The molecule has 0 spiro atoms. The van der Waals surface area contributed by atoms with Crippen molar-refractivity contribution in [3.63, 3.8) is 0 Å². The molecule has 0 aliphatic rings. The average Bonchev–Trinajstić information content (AvgIpc) is 2.59. The van der Waals surface area contributed by atoms with E-state index >= 15 is 0 Å². The van der Waals surface area contributed by atoms with E-state index in [1.54, 1.807) is 0 Å². The number of rotatable bonds is 6. The SMILES string of the molecule is NS(=O)(=O)c1ccc(NNC(=S)Nc2ccc([N+](=O)[O-])cc2)c([N+](=O)[O-])c1. The number of non-ortho nitro benzene ring substituents is 1. The molecule has 0 amide bonds. The van der Waals surface area contributed by atoms with E-state index in [1.165, 1.54) is 24.3 Å². The quantitative estimate of drug-likeness (QED) is 0.308. The second-order valence-electron chi connectivity index (χ2n) is 4.99. The average molecular weight is 412 g/mol. The van der Waals surface area contributed by atoms with Crippen molar-refractivity contribution in [2.45, 2.75) is 4.90 Å². The highest BCUT2D eigenvalue weighted by Crippen LogP contribution is 2.26. The van der Waals surface area contributed by atoms with Gasteiger partial charge in [-0.15, -0.1) is 0 Å². The van der Waals surface area contributed by atoms with Crippen LogP contribution in [0.4, 0.5) is 22.7 Å². The topological polar surface area (TPSA) is 183 Å². The van der Waals surface area contributed by atoms with Crippen LogP contribution in [0.2, 0.25) is 0 Å². The van der Waals surface area contributed by atoms with Crippen molar-refractivity contribution < 1.29 is 18.3 Å². The second-order valence-corrected chi connectivity index (χ2v) is 6.96. The number of nitrogens with two attached hydrogens (primary N) is 1. The molecule has 0 bridgehead atoms. The van der Waals surface area contributed by atoms with E-state index < -0.39 is 30.5 Å². The van der Waals surface area contributed by atoms with Crippen molar-refractivity contribution in [3.05, 3.63) is 62.7 Å². The van der Waals surface area contributed by atoms with Gasteiger partial charge in [-0.3, -0.25) is 31.1 Å². The third kappa shape index (κ3) is 5.30. The van der Waals surface area contributed by atoms with E-state index in [4.69, 9.17) is 17.4 Å². The fraction of sp³-hybridized carbons (Fsp3) is 0. The van der Waals surface area contributed by atoms with Gasteiger partial charge in [-0.25, -0.2) is 13.6 Å². The van der Waals surface area contributed by atoms with E-state index in [-0.39, 0.29) is 16.5 Å². The van der Waals surface area contributed by atoms with Gasteiger partial charge in [0.25, 0.3) is 11.4 Å². The molecule has 12 nitrogen and oxygen atoms in total. The van der Waals surface area contributed by atoms with Crippen molar-refractivity contribution in [3.8, 4) is 0 Å². The molecule has 27 heavy (non-hydrogen) atoms. The Morgan fingerprint density at radius 2 is 1.67 bits per heavy atom. The number of sulfonamides is 1. The van der Waals surface area contributed by atoms with Crippen LogP contribution in [0, 0.1) is 20.2 Å². The van der Waals surface area contributed by atoms with Gasteiger partial charge in [-0.05, 0) is 36.5 Å². The summed E-state index contributed by atoms with van der Waals surface area (Å²) < 4.78 is 22.6. The minimum Gasteiger partial charge on any atom is -0.331 e. The summed E-state index contributed by atoms with van der Waals surface area (Å²) in [6, 6.07) is 8.46. The van der Waals surface area contributed by atoms with Gasteiger partial charge in [0.1, 0.15) is 5.69 Å². The van der Waals surface area contributed by atoms with Gasteiger partial charge in [-0.2, -0.15) is 0 Å². The van der Waals surface area contributed by atoms with Crippen LogP contribution in [0.5, 0.6) is 0 Å². The first kappa shape index (κ1) is 20.0. The highest BCUT2D eigenvalue weighted by atomic mass is 32.2. The summed E-state index contributed by atoms with van der Waals surface area (Å²) in [5.74, 6) is 0. The molecular weight excluding hydrogens is 400 g/mol. The molecule has 0 fully saturated rings. The Balaban J connectivity index is 2.08. The molecule has 0 aromatic heterocycles. The molecule has 2 aromatic carbocycles. The first-order valence-corrected chi connectivity index (χ1v) is 8.92. The summed E-state index contributed by atoms with van der Waals surface area (Å²) in [5.41, 5.74) is 4.73. The lowest BCUT2D eigenvalue weighted by Gasteiger charge is -2.13. The molecule has 5 N–H and O–H groups in total. The number of nitrogens with zero attached hydrogens (tertiary/aromatic N) is 2. The number of nitrogens with one attached hydrogen (secondary N) is 3. The number of nitro benzene ring substituents is 2. The minimum atomic E-state index is -4.10. The van der Waals surface area contributed by atoms with E-state index in [2.05, 4.69) is 16.2 Å². The lowest BCUT2D eigenvalue weighted by Crippen LogP contribution is -2.33. The van der Waals surface area contributed by atoms with Crippen LogP contribution in [0.15, 0.2) is 47.4 Å². The number of hydrogen-bond donors (Lipinski definition) is 4. The predicted molar refractivity (Wildman–Crippen MR) is 101 cm³/mol. The first-order valence-electron chi connectivity index (χ1n) is 6.96. The molecule has 0 heterocycles. The Morgan fingerprint density at radius 3 is 2.19 bits per heavy atom. The summed E-state index contributed by atoms with van der Waals surface area (Å²) in [6.45, 7) is 0. The number of thiocarbonyl (C=S) groups is 1. The zero-order chi connectivity index (χ0) is 20.2. The third-order valence-corrected chi connectivity index (χ3v) is 4.26. The normalized spacial score (nSPS) is 10.7. The number of nitro groups is 2. The second kappa shape index (κ2) is 7.90. The van der Waals surface area contributed by atoms with Gasteiger partial charge in [0.2, 0.25) is 10.0 Å². The third-order valence-electron chi connectivity index (χ3n) is 3.14. The maximum Gasteiger partial charge on any atom is 0.295 e. The highest BCUT2D eigenvalue weighted by molar-refractivity contribution is 7.89. The van der Waals surface area contributed by atoms with E-state index in [0.717, 1.165) is 18.2 Å². The molecule has 0 saturated heterocycles. The van der Waals surface area contributed by atoms with E-state index in [1.807, 2.05) is 0 Å². The van der Waals surface area contributed by atoms with E-state index in [9.17, 15) is 28.6 Å². The summed E-state index contributed by atoms with van der Waals surface area (Å²) in [7, 11) is -4.10. The summed E-state index contributed by atoms with van der Waals surface area (Å²) in [6.07, 6.45) is 0. The standard InChI is InChI=1S/C13H12N6O6S2/c14-27(24,25)10-5-6-11(12(7-10)19(22)23)16-17-13(26)15-8-1-3-9(4-2-8)18(20)21/h1-7,16H,(H2,14,24,25)(H2,15,17,26). The summed E-state index contributed by atoms with van der Waals surface area (Å²) in [4.78, 5) is 20.0. The number of anilines is 2. The van der Waals surface area contributed by atoms with Gasteiger partial charge in [0, 0.05) is 23.9 Å². The van der Waals surface area contributed by atoms with E-state index in [0.29, 0.717) is 5.69 Å². The maximum atomic E-state index is 11.3. The molecule has 0 aliphatic heterocycles. The Bertz CT molecular complexity index is 1010. The van der Waals surface area contributed by atoms with Gasteiger partial charge < -0.3 is 5.32 Å². The fourth-order valence-electron chi connectivity index (χ4n) is 1.90. The lowest BCUT2D eigenvalue weighted by molar-refractivity contribution is -0.384. The molecular formula is C13H12N6O6S2. The Hall–Kier alpha value is -3.36. The number of hydrogen-bond acceptors (Lipinski definition) is 8. The zero-order valence-corrected chi connectivity index (χ0v) is 14.9. The maximum absolute atomic E-state index is 11.3. The Labute approximate surface area is 157 Å². The molecule has 0 atom stereocenters. The van der Waals surface area contributed by atoms with Gasteiger partial charge in [-0.1, -0.05) is 0 Å². The minimum absolute atomic E-state index is 0.00803. The molecule has 14 heteroatoms. The predicted octanol–water partition coefficient (Wildman–Crippen LogP) is 1.46. The zero-order valence-electron chi connectivity index (χ0n) is 13.3. The van der Waals surface area contributed by atoms with Gasteiger partial charge in [0.05, 0.1) is 14.7 Å². The largest absolute Gasteiger partial charge is 0.331 e. The van der Waals surface area contributed by atoms with Gasteiger partial charge >= 0.3 is 0 Å². The fourth-order valence-corrected chi connectivity index (χ4v) is 2.60. The molecule has 0 unspecified atom stereocenters. The summed E-state index contributed by atoms with van der Waals surface area (Å²) in [5, 5.41) is 29.4. The van der Waals surface area contributed by atoms with Gasteiger partial charge in [0.15, 0.2) is 5.11 Å². The van der Waals surface area contributed by atoms with Crippen molar-refractivity contribution in [1.82, 2.24) is 5.43 Å². The summed E-state index contributed by atoms with van der Waals surface area (Å²) >= 11 is 5.01. The molecule has 0 aliphatic carbocycles. The van der Waals surface area contributed by atoms with Crippen LogP contribution < -0.4 is 21.3 Å². The van der Waals surface area contributed by atoms with Crippen molar-refractivity contribution in [2.75, 3.05) is 10.7 Å².